The standard InChI is InChI=1S/C12H25N3O/c1-13-11-4-2-3-5-12(11)15-7-6-10(8-15)14-9-16/h10-14,16H,2-9H2,1H3/t10-,11-,12-/m1/s1. The fraction of sp³-hybridized carbons (Fsp3) is 1.00. The van der Waals surface area contributed by atoms with Crippen LogP contribution in [0.1, 0.15) is 32.1 Å². The van der Waals surface area contributed by atoms with Crippen molar-refractivity contribution in [2.45, 2.75) is 50.2 Å². The number of nitrogens with one attached hydrogen (secondary N) is 2. The fourth-order valence-electron chi connectivity index (χ4n) is 3.27. The summed E-state index contributed by atoms with van der Waals surface area (Å²) in [6.07, 6.45) is 6.56. The lowest BCUT2D eigenvalue weighted by Crippen LogP contribution is -2.50. The average Bonchev–Trinajstić information content (AvgIpc) is 2.78. The van der Waals surface area contributed by atoms with E-state index in [1.165, 1.54) is 38.6 Å². The van der Waals surface area contributed by atoms with Gasteiger partial charge in [-0.05, 0) is 26.3 Å². The lowest BCUT2D eigenvalue weighted by Gasteiger charge is -2.38. The summed E-state index contributed by atoms with van der Waals surface area (Å²) in [5.74, 6) is 0. The zero-order chi connectivity index (χ0) is 11.4. The molecule has 0 unspecified atom stereocenters. The number of aliphatic hydroxyl groups excluding tert-OH is 1. The molecule has 94 valence electrons. The monoisotopic (exact) mass is 227 g/mol. The molecule has 0 amide bonds. The van der Waals surface area contributed by atoms with Gasteiger partial charge in [-0.3, -0.25) is 10.2 Å². The number of hydrogen-bond donors (Lipinski definition) is 3. The van der Waals surface area contributed by atoms with Crippen LogP contribution in [0.5, 0.6) is 0 Å². The highest BCUT2D eigenvalue weighted by Gasteiger charge is 2.33. The van der Waals surface area contributed by atoms with E-state index in [4.69, 9.17) is 5.11 Å². The number of hydrogen-bond acceptors (Lipinski definition) is 4. The SMILES string of the molecule is CN[C@@H]1CCCC[C@H]1N1CC[C@@H](NCO)C1. The molecule has 2 fully saturated rings. The van der Waals surface area contributed by atoms with Gasteiger partial charge in [0.1, 0.15) is 0 Å². The molecule has 0 aromatic heterocycles. The van der Waals surface area contributed by atoms with Crippen LogP contribution in [0.3, 0.4) is 0 Å². The molecule has 2 aliphatic rings. The van der Waals surface area contributed by atoms with Crippen molar-refractivity contribution in [2.75, 3.05) is 26.9 Å². The Balaban J connectivity index is 1.86. The second kappa shape index (κ2) is 5.96. The van der Waals surface area contributed by atoms with Crippen LogP contribution in [0.4, 0.5) is 0 Å². The highest BCUT2D eigenvalue weighted by Crippen LogP contribution is 2.26. The van der Waals surface area contributed by atoms with Crippen LogP contribution in [0.2, 0.25) is 0 Å². The van der Waals surface area contributed by atoms with Crippen LogP contribution in [0, 0.1) is 0 Å². The van der Waals surface area contributed by atoms with Crippen molar-refractivity contribution in [1.82, 2.24) is 15.5 Å². The molecule has 0 bridgehead atoms. The van der Waals surface area contributed by atoms with Gasteiger partial charge >= 0.3 is 0 Å². The van der Waals surface area contributed by atoms with Gasteiger partial charge in [0.25, 0.3) is 0 Å². The second-order valence-corrected chi connectivity index (χ2v) is 5.09. The molecule has 16 heavy (non-hydrogen) atoms. The maximum absolute atomic E-state index is 8.88. The number of likely N-dealkylation sites (tertiary alicyclic amines) is 1. The van der Waals surface area contributed by atoms with Crippen LogP contribution in [-0.4, -0.2) is 55.0 Å². The van der Waals surface area contributed by atoms with Crippen molar-refractivity contribution in [3.05, 3.63) is 0 Å². The van der Waals surface area contributed by atoms with E-state index in [1.807, 2.05) is 0 Å². The van der Waals surface area contributed by atoms with Crippen molar-refractivity contribution >= 4 is 0 Å². The molecule has 1 heterocycles. The molecule has 1 aliphatic heterocycles. The van der Waals surface area contributed by atoms with Gasteiger partial charge in [-0.2, -0.15) is 0 Å². The third kappa shape index (κ3) is 2.74. The van der Waals surface area contributed by atoms with Crippen molar-refractivity contribution < 1.29 is 5.11 Å². The smallest absolute Gasteiger partial charge is 0.0934 e. The summed E-state index contributed by atoms with van der Waals surface area (Å²) < 4.78 is 0. The predicted octanol–water partition coefficient (Wildman–Crippen LogP) is 0.131. The quantitative estimate of drug-likeness (QED) is 0.598. The molecule has 0 aromatic rings. The largest absolute Gasteiger partial charge is 0.381 e. The van der Waals surface area contributed by atoms with E-state index >= 15 is 0 Å². The van der Waals surface area contributed by atoms with Gasteiger partial charge < -0.3 is 10.4 Å². The Morgan fingerprint density at radius 3 is 2.81 bits per heavy atom. The van der Waals surface area contributed by atoms with Crippen LogP contribution >= 0.6 is 0 Å². The van der Waals surface area contributed by atoms with E-state index < -0.39 is 0 Å². The molecule has 0 aromatic carbocycles. The Hall–Kier alpha value is -0.160. The molecule has 3 atom stereocenters. The number of aliphatic hydroxyl groups is 1. The molecular weight excluding hydrogens is 202 g/mol. The van der Waals surface area contributed by atoms with E-state index in [0.717, 1.165) is 6.54 Å². The lowest BCUT2D eigenvalue weighted by molar-refractivity contribution is 0.147. The van der Waals surface area contributed by atoms with Crippen LogP contribution in [0.15, 0.2) is 0 Å². The molecule has 4 nitrogen and oxygen atoms in total. The Bertz CT molecular complexity index is 212. The van der Waals surface area contributed by atoms with Gasteiger partial charge in [-0.25, -0.2) is 0 Å². The van der Waals surface area contributed by atoms with E-state index in [9.17, 15) is 0 Å². The first-order valence-electron chi connectivity index (χ1n) is 6.60. The third-order valence-electron chi connectivity index (χ3n) is 4.17. The van der Waals surface area contributed by atoms with E-state index in [2.05, 4.69) is 22.6 Å². The Morgan fingerprint density at radius 1 is 1.25 bits per heavy atom. The maximum atomic E-state index is 8.88. The minimum absolute atomic E-state index is 0.110. The first kappa shape index (κ1) is 12.3. The van der Waals surface area contributed by atoms with Crippen molar-refractivity contribution in [3.63, 3.8) is 0 Å². The first-order valence-corrected chi connectivity index (χ1v) is 6.60. The van der Waals surface area contributed by atoms with Crippen LogP contribution in [0.25, 0.3) is 0 Å². The molecule has 4 heteroatoms. The zero-order valence-corrected chi connectivity index (χ0v) is 10.3. The lowest BCUT2D eigenvalue weighted by atomic mass is 9.89. The molecule has 1 saturated carbocycles. The average molecular weight is 227 g/mol. The summed E-state index contributed by atoms with van der Waals surface area (Å²) in [6.45, 7) is 2.39. The van der Waals surface area contributed by atoms with Gasteiger partial charge in [-0.15, -0.1) is 0 Å². The van der Waals surface area contributed by atoms with Gasteiger partial charge in [-0.1, -0.05) is 12.8 Å². The van der Waals surface area contributed by atoms with E-state index in [-0.39, 0.29) is 6.73 Å². The predicted molar refractivity (Wildman–Crippen MR) is 65.3 cm³/mol. The molecule has 0 radical (unpaired) electrons. The number of rotatable bonds is 4. The Labute approximate surface area is 98.4 Å². The summed E-state index contributed by atoms with van der Waals surface area (Å²) in [4.78, 5) is 2.60. The minimum Gasteiger partial charge on any atom is -0.381 e. The van der Waals surface area contributed by atoms with Crippen molar-refractivity contribution in [3.8, 4) is 0 Å². The summed E-state index contributed by atoms with van der Waals surface area (Å²) in [7, 11) is 2.09. The molecule has 3 N–H and O–H groups in total. The third-order valence-corrected chi connectivity index (χ3v) is 4.17. The summed E-state index contributed by atoms with van der Waals surface area (Å²) in [5, 5.41) is 15.5. The van der Waals surface area contributed by atoms with E-state index in [0.29, 0.717) is 18.1 Å². The normalized spacial score (nSPS) is 36.8. The van der Waals surface area contributed by atoms with Crippen molar-refractivity contribution in [1.29, 1.82) is 0 Å². The van der Waals surface area contributed by atoms with E-state index in [1.54, 1.807) is 0 Å². The van der Waals surface area contributed by atoms with Crippen molar-refractivity contribution in [2.24, 2.45) is 0 Å². The summed E-state index contributed by atoms with van der Waals surface area (Å²) >= 11 is 0. The number of nitrogens with zero attached hydrogens (tertiary/aromatic N) is 1. The first-order chi connectivity index (χ1) is 7.85. The summed E-state index contributed by atoms with van der Waals surface area (Å²) in [6, 6.07) is 1.87. The topological polar surface area (TPSA) is 47.5 Å². The molecular formula is C12H25N3O. The fourth-order valence-corrected chi connectivity index (χ4v) is 3.27. The highest BCUT2D eigenvalue weighted by atomic mass is 16.3. The van der Waals surface area contributed by atoms with Gasteiger partial charge in [0.05, 0.1) is 6.73 Å². The summed E-state index contributed by atoms with van der Waals surface area (Å²) in [5.41, 5.74) is 0. The second-order valence-electron chi connectivity index (χ2n) is 5.09. The van der Waals surface area contributed by atoms with Gasteiger partial charge in [0, 0.05) is 31.2 Å². The van der Waals surface area contributed by atoms with Crippen LogP contribution < -0.4 is 10.6 Å². The van der Waals surface area contributed by atoms with Gasteiger partial charge in [0.2, 0.25) is 0 Å². The minimum atomic E-state index is 0.110. The highest BCUT2D eigenvalue weighted by molar-refractivity contribution is 4.92. The molecule has 1 aliphatic carbocycles. The molecule has 2 rings (SSSR count). The molecule has 0 spiro atoms. The Kier molecular flexibility index (Phi) is 4.58. The van der Waals surface area contributed by atoms with Crippen LogP contribution in [-0.2, 0) is 0 Å². The zero-order valence-electron chi connectivity index (χ0n) is 10.3. The maximum Gasteiger partial charge on any atom is 0.0934 e. The number of likely N-dealkylation sites (N-methyl/N-ethyl adjacent to an activating group) is 1. The molecule has 1 saturated heterocycles. The van der Waals surface area contributed by atoms with Gasteiger partial charge in [0.15, 0.2) is 0 Å². The Morgan fingerprint density at radius 2 is 2.06 bits per heavy atom.